The van der Waals surface area contributed by atoms with Crippen molar-refractivity contribution in [3.05, 3.63) is 42.4 Å². The molecule has 0 aliphatic heterocycles. The SMILES string of the molecule is O=C([O-])C(F)(F)F.O=C([O-])C(F)(F)F.[NH3+][C@@H](CCCCCC(=O)O)c1[nH]c(-c2ccccc2)c[nH+]1. The van der Waals surface area contributed by atoms with Crippen molar-refractivity contribution in [3.8, 4) is 11.3 Å². The van der Waals surface area contributed by atoms with E-state index < -0.39 is 30.3 Å². The Morgan fingerprint density at radius 2 is 1.43 bits per heavy atom. The number of unbranched alkanes of at least 4 members (excludes halogenated alkanes) is 2. The highest BCUT2D eigenvalue weighted by atomic mass is 19.4. The Balaban J connectivity index is 0.000000680. The molecule has 6 N–H and O–H groups in total. The third-order valence-corrected chi connectivity index (χ3v) is 4.04. The number of rotatable bonds is 8. The number of carbonyl (C=O) groups excluding carboxylic acids is 2. The maximum absolute atomic E-state index is 10.5. The number of aromatic nitrogens is 2. The lowest BCUT2D eigenvalue weighted by molar-refractivity contribution is -0.486. The smallest absolute Gasteiger partial charge is 0.430 e. The number of benzene rings is 1. The first-order valence-electron chi connectivity index (χ1n) is 9.82. The molecule has 0 saturated carbocycles. The average molecular weight is 515 g/mol. The molecular formula is C20H23F6N3O6. The summed E-state index contributed by atoms with van der Waals surface area (Å²) in [7, 11) is 0. The third kappa shape index (κ3) is 14.3. The molecule has 0 aliphatic rings. The molecule has 0 spiro atoms. The fraction of sp³-hybridized carbons (Fsp3) is 0.400. The number of alkyl halides is 6. The minimum atomic E-state index is -5.19. The van der Waals surface area contributed by atoms with Gasteiger partial charge in [-0.3, -0.25) is 4.79 Å². The lowest BCUT2D eigenvalue weighted by Crippen LogP contribution is -2.55. The number of aromatic amines is 2. The summed E-state index contributed by atoms with van der Waals surface area (Å²) in [6.45, 7) is 0. The van der Waals surface area contributed by atoms with Crippen LogP contribution in [0.5, 0.6) is 0 Å². The van der Waals surface area contributed by atoms with Crippen LogP contribution in [-0.2, 0) is 14.4 Å². The molecule has 0 fully saturated rings. The fourth-order valence-corrected chi connectivity index (χ4v) is 2.35. The molecule has 35 heavy (non-hydrogen) atoms. The van der Waals surface area contributed by atoms with E-state index >= 15 is 0 Å². The number of carboxylic acid groups (broad SMARTS) is 3. The maximum atomic E-state index is 10.5. The largest absolute Gasteiger partial charge is 0.542 e. The van der Waals surface area contributed by atoms with Gasteiger partial charge in [-0.05, 0) is 12.8 Å². The van der Waals surface area contributed by atoms with Crippen LogP contribution in [0.4, 0.5) is 26.3 Å². The predicted molar refractivity (Wildman–Crippen MR) is 101 cm³/mol. The summed E-state index contributed by atoms with van der Waals surface area (Å²) in [6.07, 6.45) is -4.54. The van der Waals surface area contributed by atoms with E-state index in [2.05, 4.69) is 27.8 Å². The molecule has 0 radical (unpaired) electrons. The molecule has 0 bridgehead atoms. The summed E-state index contributed by atoms with van der Waals surface area (Å²) >= 11 is 0. The van der Waals surface area contributed by atoms with E-state index in [1.54, 1.807) is 0 Å². The molecule has 1 aromatic heterocycles. The van der Waals surface area contributed by atoms with Crippen LogP contribution in [0.15, 0.2) is 36.5 Å². The average Bonchev–Trinajstić information content (AvgIpc) is 3.24. The van der Waals surface area contributed by atoms with Gasteiger partial charge in [-0.1, -0.05) is 36.8 Å². The first kappa shape index (κ1) is 31.4. The maximum Gasteiger partial charge on any atom is 0.430 e. The van der Waals surface area contributed by atoms with Gasteiger partial charge in [-0.15, -0.1) is 0 Å². The van der Waals surface area contributed by atoms with Crippen molar-refractivity contribution in [1.29, 1.82) is 0 Å². The summed E-state index contributed by atoms with van der Waals surface area (Å²) in [5.41, 5.74) is 6.38. The molecule has 15 heteroatoms. The van der Waals surface area contributed by atoms with E-state index in [1.807, 2.05) is 24.4 Å². The van der Waals surface area contributed by atoms with Crippen LogP contribution in [0.2, 0.25) is 0 Å². The number of quaternary nitrogens is 1. The fourth-order valence-electron chi connectivity index (χ4n) is 2.35. The number of H-pyrrole nitrogens is 2. The molecule has 0 amide bonds. The van der Waals surface area contributed by atoms with Crippen LogP contribution in [0.3, 0.4) is 0 Å². The van der Waals surface area contributed by atoms with E-state index in [0.717, 1.165) is 42.8 Å². The molecule has 196 valence electrons. The van der Waals surface area contributed by atoms with Gasteiger partial charge in [-0.2, -0.15) is 26.3 Å². The lowest BCUT2D eigenvalue weighted by Gasteiger charge is -2.03. The van der Waals surface area contributed by atoms with Crippen molar-refractivity contribution in [2.24, 2.45) is 0 Å². The second-order valence-electron chi connectivity index (χ2n) is 6.87. The molecule has 1 heterocycles. The zero-order valence-corrected chi connectivity index (χ0v) is 18.0. The summed E-state index contributed by atoms with van der Waals surface area (Å²) in [5.74, 6) is -5.71. The van der Waals surface area contributed by atoms with Gasteiger partial charge in [0.05, 0.1) is 0 Å². The van der Waals surface area contributed by atoms with E-state index in [-0.39, 0.29) is 12.5 Å². The molecule has 1 atom stereocenters. The van der Waals surface area contributed by atoms with Crippen LogP contribution < -0.4 is 20.9 Å². The molecular weight excluding hydrogens is 492 g/mol. The van der Waals surface area contributed by atoms with Gasteiger partial charge in [0.15, 0.2) is 11.7 Å². The Morgan fingerprint density at radius 1 is 0.943 bits per heavy atom. The second-order valence-corrected chi connectivity index (χ2v) is 6.87. The predicted octanol–water partition coefficient (Wildman–Crippen LogP) is 0.411. The number of nitrogens with one attached hydrogen (secondary N) is 2. The molecule has 0 unspecified atom stereocenters. The van der Waals surface area contributed by atoms with Gasteiger partial charge in [-0.25, -0.2) is 9.97 Å². The third-order valence-electron chi connectivity index (χ3n) is 4.04. The normalized spacial score (nSPS) is 11.9. The quantitative estimate of drug-likeness (QED) is 0.339. The highest BCUT2D eigenvalue weighted by Crippen LogP contribution is 2.18. The monoisotopic (exact) mass is 515 g/mol. The van der Waals surface area contributed by atoms with Crippen molar-refractivity contribution < 1.29 is 66.8 Å². The molecule has 1 aromatic carbocycles. The minimum Gasteiger partial charge on any atom is -0.542 e. The molecule has 0 aliphatic carbocycles. The van der Waals surface area contributed by atoms with Crippen LogP contribution in [0.1, 0.15) is 44.0 Å². The Bertz CT molecular complexity index is 907. The number of carboxylic acids is 3. The number of hydrogen-bond donors (Lipinski definition) is 3. The number of imidazole rings is 1. The summed E-state index contributed by atoms with van der Waals surface area (Å²) in [5, 5.41) is 26.2. The van der Waals surface area contributed by atoms with Crippen LogP contribution >= 0.6 is 0 Å². The number of aliphatic carboxylic acids is 3. The molecule has 9 nitrogen and oxygen atoms in total. The Labute approximate surface area is 194 Å². The standard InChI is InChI=1S/C16H21N3O2.2C2HF3O2/c17-13(9-5-2-6-10-15(20)21)16-18-11-14(19-16)12-7-3-1-4-8-12;2*3-2(4,5)1(6)7/h1,3-4,7-8,11,13H,2,5-6,9-10,17H2,(H,18,19)(H,20,21);2*(H,6,7)/t13-;;/m0../s1. The number of carbonyl (C=O) groups is 3. The van der Waals surface area contributed by atoms with Crippen molar-refractivity contribution >= 4 is 17.9 Å². The summed E-state index contributed by atoms with van der Waals surface area (Å²) in [6, 6.07) is 10.3. The highest BCUT2D eigenvalue weighted by molar-refractivity contribution is 5.71. The van der Waals surface area contributed by atoms with Crippen molar-refractivity contribution in [1.82, 2.24) is 4.98 Å². The van der Waals surface area contributed by atoms with Gasteiger partial charge in [0, 0.05) is 18.4 Å². The van der Waals surface area contributed by atoms with E-state index in [0.29, 0.717) is 0 Å². The zero-order valence-electron chi connectivity index (χ0n) is 18.0. The van der Waals surface area contributed by atoms with Crippen LogP contribution in [0, 0.1) is 0 Å². The number of halogens is 6. The summed E-state index contributed by atoms with van der Waals surface area (Å²) < 4.78 is 63.1. The van der Waals surface area contributed by atoms with E-state index in [1.165, 1.54) is 0 Å². The molecule has 0 saturated heterocycles. The first-order chi connectivity index (χ1) is 16.1. The second kappa shape index (κ2) is 14.6. The minimum absolute atomic E-state index is 0.173. The lowest BCUT2D eigenvalue weighted by atomic mass is 10.1. The Morgan fingerprint density at radius 3 is 1.86 bits per heavy atom. The first-order valence-corrected chi connectivity index (χ1v) is 9.82. The van der Waals surface area contributed by atoms with Crippen LogP contribution in [-0.4, -0.2) is 40.4 Å². The zero-order chi connectivity index (χ0) is 27.2. The van der Waals surface area contributed by atoms with E-state index in [4.69, 9.17) is 24.9 Å². The van der Waals surface area contributed by atoms with Crippen molar-refractivity contribution in [2.45, 2.75) is 50.5 Å². The Kier molecular flexibility index (Phi) is 13.1. The van der Waals surface area contributed by atoms with Gasteiger partial charge < -0.3 is 30.6 Å². The van der Waals surface area contributed by atoms with Crippen molar-refractivity contribution in [2.75, 3.05) is 0 Å². The van der Waals surface area contributed by atoms with Crippen molar-refractivity contribution in [3.63, 3.8) is 0 Å². The van der Waals surface area contributed by atoms with Gasteiger partial charge >= 0.3 is 24.1 Å². The van der Waals surface area contributed by atoms with Crippen LogP contribution in [0.25, 0.3) is 11.3 Å². The highest BCUT2D eigenvalue weighted by Gasteiger charge is 2.29. The topological polar surface area (TPSA) is 175 Å². The van der Waals surface area contributed by atoms with E-state index in [9.17, 15) is 31.1 Å². The van der Waals surface area contributed by atoms with Gasteiger partial charge in [0.1, 0.15) is 18.1 Å². The number of hydrogen-bond acceptors (Lipinski definition) is 5. The van der Waals surface area contributed by atoms with Gasteiger partial charge in [0.25, 0.3) is 0 Å². The van der Waals surface area contributed by atoms with Gasteiger partial charge in [0.2, 0.25) is 0 Å². The summed E-state index contributed by atoms with van der Waals surface area (Å²) in [4.78, 5) is 34.6. The Hall–Kier alpha value is -3.62. The molecule has 2 aromatic rings. The molecule has 2 rings (SSSR count).